The number of nitrogens with one attached hydrogen (secondary N) is 1. The van der Waals surface area contributed by atoms with Crippen LogP contribution < -0.4 is 5.32 Å². The van der Waals surface area contributed by atoms with Crippen LogP contribution in [0.1, 0.15) is 30.4 Å². The van der Waals surface area contributed by atoms with Crippen LogP contribution in [-0.4, -0.2) is 51.3 Å². The minimum Gasteiger partial charge on any atom is -0.342 e. The van der Waals surface area contributed by atoms with Gasteiger partial charge in [-0.1, -0.05) is 36.4 Å². The standard InChI is InChI=1S/C22H24N4O3/c27-19(9-8-17-7-4-12-23-15-17)25-13-10-22(11-14-25)20(28)24-21(29)26(22)16-18-5-2-1-3-6-18/h1-7,12,15H,8-11,13-14,16H2,(H,24,28,29). The molecule has 7 heteroatoms. The summed E-state index contributed by atoms with van der Waals surface area (Å²) in [6.45, 7) is 1.32. The van der Waals surface area contributed by atoms with Crippen LogP contribution in [0, 0.1) is 0 Å². The zero-order chi connectivity index (χ0) is 20.3. The predicted molar refractivity (Wildman–Crippen MR) is 107 cm³/mol. The molecule has 0 atom stereocenters. The van der Waals surface area contributed by atoms with Crippen molar-refractivity contribution >= 4 is 17.8 Å². The topological polar surface area (TPSA) is 82.6 Å². The summed E-state index contributed by atoms with van der Waals surface area (Å²) in [7, 11) is 0. The number of pyridine rings is 1. The Morgan fingerprint density at radius 3 is 2.45 bits per heavy atom. The number of urea groups is 1. The summed E-state index contributed by atoms with van der Waals surface area (Å²) in [5.74, 6) is -0.177. The third kappa shape index (κ3) is 3.85. The first kappa shape index (κ1) is 19.1. The van der Waals surface area contributed by atoms with E-state index in [1.807, 2.05) is 42.5 Å². The fourth-order valence-electron chi connectivity index (χ4n) is 4.17. The Morgan fingerprint density at radius 1 is 1.03 bits per heavy atom. The second-order valence-electron chi connectivity index (χ2n) is 7.60. The fourth-order valence-corrected chi connectivity index (χ4v) is 4.17. The van der Waals surface area contributed by atoms with Gasteiger partial charge in [-0.2, -0.15) is 0 Å². The summed E-state index contributed by atoms with van der Waals surface area (Å²) < 4.78 is 0. The van der Waals surface area contributed by atoms with E-state index in [-0.39, 0.29) is 17.8 Å². The van der Waals surface area contributed by atoms with Gasteiger partial charge in [0.05, 0.1) is 0 Å². The normalized spacial score (nSPS) is 18.2. The van der Waals surface area contributed by atoms with Gasteiger partial charge >= 0.3 is 6.03 Å². The first-order chi connectivity index (χ1) is 14.1. The molecule has 2 fully saturated rings. The largest absolute Gasteiger partial charge is 0.342 e. The molecule has 0 bridgehead atoms. The molecule has 2 aliphatic rings. The van der Waals surface area contributed by atoms with Crippen LogP contribution in [0.4, 0.5) is 4.79 Å². The Kier molecular flexibility index (Phi) is 5.29. The summed E-state index contributed by atoms with van der Waals surface area (Å²) in [4.78, 5) is 45.2. The van der Waals surface area contributed by atoms with Crippen molar-refractivity contribution in [2.45, 2.75) is 37.8 Å². The monoisotopic (exact) mass is 392 g/mol. The molecule has 1 aromatic carbocycles. The predicted octanol–water partition coefficient (Wildman–Crippen LogP) is 2.13. The van der Waals surface area contributed by atoms with E-state index in [0.29, 0.717) is 45.3 Å². The van der Waals surface area contributed by atoms with Crippen molar-refractivity contribution in [3.63, 3.8) is 0 Å². The lowest BCUT2D eigenvalue weighted by Gasteiger charge is -2.42. The molecule has 0 unspecified atom stereocenters. The van der Waals surface area contributed by atoms with Crippen molar-refractivity contribution in [2.24, 2.45) is 0 Å². The second-order valence-corrected chi connectivity index (χ2v) is 7.60. The maximum absolute atomic E-state index is 12.7. The van der Waals surface area contributed by atoms with E-state index in [1.165, 1.54) is 0 Å². The number of likely N-dealkylation sites (tertiary alicyclic amines) is 1. The molecule has 29 heavy (non-hydrogen) atoms. The zero-order valence-electron chi connectivity index (χ0n) is 16.2. The molecule has 4 amide bonds. The molecular weight excluding hydrogens is 368 g/mol. The molecule has 1 spiro atoms. The van der Waals surface area contributed by atoms with E-state index in [1.54, 1.807) is 22.2 Å². The minimum absolute atomic E-state index is 0.0723. The molecular formula is C22H24N4O3. The number of aryl methyl sites for hydroxylation is 1. The molecule has 1 N–H and O–H groups in total. The third-order valence-corrected chi connectivity index (χ3v) is 5.88. The van der Waals surface area contributed by atoms with Gasteiger partial charge in [-0.25, -0.2) is 4.79 Å². The summed E-state index contributed by atoms with van der Waals surface area (Å²) in [6, 6.07) is 13.1. The van der Waals surface area contributed by atoms with Gasteiger partial charge < -0.3 is 9.80 Å². The minimum atomic E-state index is -0.868. The van der Waals surface area contributed by atoms with Crippen molar-refractivity contribution in [2.75, 3.05) is 13.1 Å². The van der Waals surface area contributed by atoms with E-state index in [0.717, 1.165) is 11.1 Å². The lowest BCUT2D eigenvalue weighted by atomic mass is 9.85. The van der Waals surface area contributed by atoms with Crippen LogP contribution >= 0.6 is 0 Å². The SMILES string of the molecule is O=C(CCc1cccnc1)N1CCC2(CC1)C(=O)NC(=O)N2Cc1ccccc1. The van der Waals surface area contributed by atoms with Crippen molar-refractivity contribution < 1.29 is 14.4 Å². The number of piperidine rings is 1. The van der Waals surface area contributed by atoms with Crippen LogP contribution in [0.2, 0.25) is 0 Å². The number of hydrogen-bond donors (Lipinski definition) is 1. The number of benzene rings is 1. The highest BCUT2D eigenvalue weighted by atomic mass is 16.2. The van der Waals surface area contributed by atoms with Crippen molar-refractivity contribution in [3.8, 4) is 0 Å². The number of nitrogens with zero attached hydrogens (tertiary/aromatic N) is 3. The molecule has 2 saturated heterocycles. The Morgan fingerprint density at radius 2 is 1.76 bits per heavy atom. The first-order valence-electron chi connectivity index (χ1n) is 9.92. The zero-order valence-corrected chi connectivity index (χ0v) is 16.2. The molecule has 150 valence electrons. The molecule has 7 nitrogen and oxygen atoms in total. The van der Waals surface area contributed by atoms with Gasteiger partial charge in [-0.15, -0.1) is 0 Å². The maximum Gasteiger partial charge on any atom is 0.325 e. The summed E-state index contributed by atoms with van der Waals surface area (Å²) in [5, 5.41) is 2.48. The highest BCUT2D eigenvalue weighted by molar-refractivity contribution is 6.07. The number of hydrogen-bond acceptors (Lipinski definition) is 4. The molecule has 0 radical (unpaired) electrons. The average molecular weight is 392 g/mol. The van der Waals surface area contributed by atoms with Gasteiger partial charge in [0.2, 0.25) is 5.91 Å². The van der Waals surface area contributed by atoms with E-state index >= 15 is 0 Å². The highest BCUT2D eigenvalue weighted by Gasteiger charge is 2.54. The smallest absolute Gasteiger partial charge is 0.325 e. The fraction of sp³-hybridized carbons (Fsp3) is 0.364. The van der Waals surface area contributed by atoms with Gasteiger partial charge in [0, 0.05) is 38.4 Å². The Balaban J connectivity index is 1.40. The van der Waals surface area contributed by atoms with Crippen LogP contribution in [-0.2, 0) is 22.6 Å². The Hall–Kier alpha value is -3.22. The van der Waals surface area contributed by atoms with Crippen LogP contribution in [0.5, 0.6) is 0 Å². The Bertz CT molecular complexity index is 893. The summed E-state index contributed by atoms with van der Waals surface area (Å²) in [5.41, 5.74) is 1.14. The molecule has 4 rings (SSSR count). The van der Waals surface area contributed by atoms with Gasteiger partial charge in [0.15, 0.2) is 0 Å². The number of carbonyl (C=O) groups excluding carboxylic acids is 3. The van der Waals surface area contributed by atoms with E-state index in [4.69, 9.17) is 0 Å². The lowest BCUT2D eigenvalue weighted by Crippen LogP contribution is -2.57. The Labute approximate surface area is 169 Å². The van der Waals surface area contributed by atoms with Gasteiger partial charge in [-0.3, -0.25) is 19.9 Å². The number of imide groups is 1. The van der Waals surface area contributed by atoms with Crippen molar-refractivity contribution in [1.82, 2.24) is 20.1 Å². The molecule has 2 aliphatic heterocycles. The summed E-state index contributed by atoms with van der Waals surface area (Å²) in [6.07, 6.45) is 5.45. The number of carbonyl (C=O) groups is 3. The van der Waals surface area contributed by atoms with E-state index < -0.39 is 5.54 Å². The molecule has 3 heterocycles. The molecule has 2 aromatic rings. The van der Waals surface area contributed by atoms with Gasteiger partial charge in [-0.05, 0) is 36.5 Å². The van der Waals surface area contributed by atoms with Crippen LogP contribution in [0.3, 0.4) is 0 Å². The molecule has 1 aromatic heterocycles. The summed E-state index contributed by atoms with van der Waals surface area (Å²) >= 11 is 0. The lowest BCUT2D eigenvalue weighted by molar-refractivity contribution is -0.138. The second kappa shape index (κ2) is 8.03. The van der Waals surface area contributed by atoms with Gasteiger partial charge in [0.25, 0.3) is 5.91 Å². The van der Waals surface area contributed by atoms with Gasteiger partial charge in [0.1, 0.15) is 5.54 Å². The highest BCUT2D eigenvalue weighted by Crippen LogP contribution is 2.34. The first-order valence-corrected chi connectivity index (χ1v) is 9.92. The van der Waals surface area contributed by atoms with Crippen LogP contribution in [0.15, 0.2) is 54.9 Å². The van der Waals surface area contributed by atoms with Crippen molar-refractivity contribution in [1.29, 1.82) is 0 Å². The number of aromatic nitrogens is 1. The molecule has 0 aliphatic carbocycles. The van der Waals surface area contributed by atoms with Crippen molar-refractivity contribution in [3.05, 3.63) is 66.0 Å². The maximum atomic E-state index is 12.7. The number of amides is 4. The average Bonchev–Trinajstić information content (AvgIpc) is 2.98. The van der Waals surface area contributed by atoms with E-state index in [2.05, 4.69) is 10.3 Å². The quantitative estimate of drug-likeness (QED) is 0.791. The number of rotatable bonds is 5. The van der Waals surface area contributed by atoms with E-state index in [9.17, 15) is 14.4 Å². The molecule has 0 saturated carbocycles. The third-order valence-electron chi connectivity index (χ3n) is 5.88. The van der Waals surface area contributed by atoms with Crippen LogP contribution in [0.25, 0.3) is 0 Å².